The summed E-state index contributed by atoms with van der Waals surface area (Å²) < 4.78 is 25.9. The van der Waals surface area contributed by atoms with Gasteiger partial charge in [0, 0.05) is 6.42 Å². The third-order valence-electron chi connectivity index (χ3n) is 5.24. The Labute approximate surface area is 207 Å². The molecule has 3 aromatic carbocycles. The Hall–Kier alpha value is -4.37. The molecule has 0 radical (unpaired) electrons. The zero-order chi connectivity index (χ0) is 25.2. The summed E-state index contributed by atoms with van der Waals surface area (Å²) >= 11 is 0. The number of hydrogen-bond acceptors (Lipinski definition) is 6. The summed E-state index contributed by atoms with van der Waals surface area (Å²) in [7, 11) is 0. The number of carbonyl (C=O) groups is 2. The second-order valence-electron chi connectivity index (χ2n) is 8.06. The van der Waals surface area contributed by atoms with Crippen molar-refractivity contribution in [1.29, 1.82) is 0 Å². The van der Waals surface area contributed by atoms with Crippen LogP contribution in [0.1, 0.15) is 11.1 Å². The number of hydrogen-bond donors (Lipinski definition) is 1. The van der Waals surface area contributed by atoms with Crippen LogP contribution in [0.4, 0.5) is 4.39 Å². The standard InChI is InChI=1S/C27H25FN4O4/c28-22-8-12-24(13-9-22)36-23-10-6-20(7-11-23)14-26(33)25(17-35-16-21-4-2-1-3-5-21)31-27(34)15-32-19-29-18-30-32/h1-13,18-19,25H,14-17H2,(H,31,34)/t25-/m0/s1. The quantitative estimate of drug-likeness (QED) is 0.327. The van der Waals surface area contributed by atoms with E-state index in [1.807, 2.05) is 30.3 Å². The molecule has 1 N–H and O–H groups in total. The molecule has 0 aliphatic carbocycles. The third-order valence-corrected chi connectivity index (χ3v) is 5.24. The van der Waals surface area contributed by atoms with Crippen LogP contribution in [0.2, 0.25) is 0 Å². The molecule has 9 heteroatoms. The van der Waals surface area contributed by atoms with Gasteiger partial charge in [0.2, 0.25) is 5.91 Å². The minimum Gasteiger partial charge on any atom is -0.457 e. The van der Waals surface area contributed by atoms with E-state index in [-0.39, 0.29) is 37.1 Å². The number of ether oxygens (including phenoxy) is 2. The molecule has 8 nitrogen and oxygen atoms in total. The van der Waals surface area contributed by atoms with Crippen LogP contribution < -0.4 is 10.1 Å². The van der Waals surface area contributed by atoms with E-state index in [2.05, 4.69) is 15.4 Å². The predicted molar refractivity (Wildman–Crippen MR) is 130 cm³/mol. The average molecular weight is 489 g/mol. The summed E-state index contributed by atoms with van der Waals surface area (Å²) in [6.45, 7) is 0.291. The van der Waals surface area contributed by atoms with Crippen molar-refractivity contribution in [2.24, 2.45) is 0 Å². The zero-order valence-electron chi connectivity index (χ0n) is 19.4. The topological polar surface area (TPSA) is 95.3 Å². The second kappa shape index (κ2) is 12.4. The molecule has 1 aromatic heterocycles. The number of nitrogens with zero attached hydrogens (tertiary/aromatic N) is 3. The number of aromatic nitrogens is 3. The maximum atomic E-state index is 13.1. The molecule has 1 amide bonds. The monoisotopic (exact) mass is 488 g/mol. The van der Waals surface area contributed by atoms with Crippen LogP contribution in [0.5, 0.6) is 11.5 Å². The van der Waals surface area contributed by atoms with Crippen LogP contribution in [0.25, 0.3) is 0 Å². The highest BCUT2D eigenvalue weighted by Crippen LogP contribution is 2.22. The molecule has 1 atom stereocenters. The Morgan fingerprint density at radius 2 is 1.61 bits per heavy atom. The third kappa shape index (κ3) is 7.57. The molecule has 0 aliphatic heterocycles. The summed E-state index contributed by atoms with van der Waals surface area (Å²) in [4.78, 5) is 29.4. The van der Waals surface area contributed by atoms with Gasteiger partial charge in [-0.1, -0.05) is 42.5 Å². The van der Waals surface area contributed by atoms with E-state index in [4.69, 9.17) is 9.47 Å². The molecular formula is C27H25FN4O4. The van der Waals surface area contributed by atoms with Gasteiger partial charge in [0.1, 0.15) is 42.6 Å². The summed E-state index contributed by atoms with van der Waals surface area (Å²) in [5.74, 6) is 0.159. The van der Waals surface area contributed by atoms with Crippen molar-refractivity contribution in [3.63, 3.8) is 0 Å². The van der Waals surface area contributed by atoms with Gasteiger partial charge in [-0.05, 0) is 47.5 Å². The Kier molecular flexibility index (Phi) is 8.50. The minimum absolute atomic E-state index is 0.0303. The molecule has 1 heterocycles. The first-order valence-electron chi connectivity index (χ1n) is 11.3. The van der Waals surface area contributed by atoms with E-state index in [0.717, 1.165) is 11.1 Å². The van der Waals surface area contributed by atoms with Crippen LogP contribution in [0, 0.1) is 5.82 Å². The van der Waals surface area contributed by atoms with Gasteiger partial charge in [-0.2, -0.15) is 5.10 Å². The van der Waals surface area contributed by atoms with Crippen molar-refractivity contribution >= 4 is 11.7 Å². The van der Waals surface area contributed by atoms with Crippen LogP contribution in [-0.4, -0.2) is 39.1 Å². The second-order valence-corrected chi connectivity index (χ2v) is 8.06. The van der Waals surface area contributed by atoms with E-state index in [0.29, 0.717) is 18.1 Å². The lowest BCUT2D eigenvalue weighted by Crippen LogP contribution is -2.46. The van der Waals surface area contributed by atoms with Crippen molar-refractivity contribution in [3.05, 3.63) is 108 Å². The summed E-state index contributed by atoms with van der Waals surface area (Å²) in [5.41, 5.74) is 1.72. The van der Waals surface area contributed by atoms with Gasteiger partial charge in [0.15, 0.2) is 5.78 Å². The lowest BCUT2D eigenvalue weighted by molar-refractivity contribution is -0.129. The predicted octanol–water partition coefficient (Wildman–Crippen LogP) is 3.72. The largest absolute Gasteiger partial charge is 0.457 e. The molecule has 4 rings (SSSR count). The lowest BCUT2D eigenvalue weighted by atomic mass is 10.0. The van der Waals surface area contributed by atoms with Gasteiger partial charge in [-0.3, -0.25) is 9.59 Å². The Balaban J connectivity index is 1.36. The Morgan fingerprint density at radius 3 is 2.28 bits per heavy atom. The van der Waals surface area contributed by atoms with Gasteiger partial charge in [0.25, 0.3) is 0 Å². The molecule has 36 heavy (non-hydrogen) atoms. The van der Waals surface area contributed by atoms with Gasteiger partial charge in [-0.15, -0.1) is 0 Å². The number of rotatable bonds is 12. The van der Waals surface area contributed by atoms with Crippen molar-refractivity contribution in [1.82, 2.24) is 20.1 Å². The first-order valence-corrected chi connectivity index (χ1v) is 11.3. The van der Waals surface area contributed by atoms with Crippen LogP contribution >= 0.6 is 0 Å². The molecule has 184 valence electrons. The maximum Gasteiger partial charge on any atom is 0.242 e. The maximum absolute atomic E-state index is 13.1. The molecule has 4 aromatic rings. The molecule has 0 bridgehead atoms. The fraction of sp³-hybridized carbons (Fsp3) is 0.185. The van der Waals surface area contributed by atoms with E-state index in [9.17, 15) is 14.0 Å². The van der Waals surface area contributed by atoms with E-state index < -0.39 is 6.04 Å². The number of carbonyl (C=O) groups excluding carboxylic acids is 2. The molecule has 0 spiro atoms. The molecular weight excluding hydrogens is 463 g/mol. The molecule has 0 saturated carbocycles. The highest BCUT2D eigenvalue weighted by molar-refractivity contribution is 5.90. The number of benzene rings is 3. The smallest absolute Gasteiger partial charge is 0.242 e. The number of halogens is 1. The summed E-state index contributed by atoms with van der Waals surface area (Å²) in [6, 6.07) is 21.5. The molecule has 0 aliphatic rings. The van der Waals surface area contributed by atoms with Gasteiger partial charge >= 0.3 is 0 Å². The van der Waals surface area contributed by atoms with Crippen molar-refractivity contribution < 1.29 is 23.5 Å². The highest BCUT2D eigenvalue weighted by Gasteiger charge is 2.22. The first-order chi connectivity index (χ1) is 17.5. The first kappa shape index (κ1) is 24.7. The van der Waals surface area contributed by atoms with E-state index in [1.165, 1.54) is 41.6 Å². The fourth-order valence-corrected chi connectivity index (χ4v) is 3.42. The number of amides is 1. The fourth-order valence-electron chi connectivity index (χ4n) is 3.42. The van der Waals surface area contributed by atoms with Crippen LogP contribution in [-0.2, 0) is 33.9 Å². The zero-order valence-corrected chi connectivity index (χ0v) is 19.4. The Bertz CT molecular complexity index is 1250. The van der Waals surface area contributed by atoms with E-state index >= 15 is 0 Å². The molecule has 0 fully saturated rings. The summed E-state index contributed by atoms with van der Waals surface area (Å²) in [6.07, 6.45) is 2.86. The number of nitrogens with one attached hydrogen (secondary N) is 1. The van der Waals surface area contributed by atoms with Gasteiger partial charge < -0.3 is 14.8 Å². The van der Waals surface area contributed by atoms with Gasteiger partial charge in [0.05, 0.1) is 13.2 Å². The normalized spacial score (nSPS) is 11.6. The van der Waals surface area contributed by atoms with Crippen LogP contribution in [0.3, 0.4) is 0 Å². The van der Waals surface area contributed by atoms with E-state index in [1.54, 1.807) is 24.3 Å². The average Bonchev–Trinajstić information content (AvgIpc) is 3.39. The molecule has 0 unspecified atom stereocenters. The SMILES string of the molecule is O=C(Cn1cncn1)N[C@@H](COCc1ccccc1)C(=O)Cc1ccc(Oc2ccc(F)cc2)cc1. The summed E-state index contributed by atoms with van der Waals surface area (Å²) in [5, 5.41) is 6.67. The number of ketones is 1. The van der Waals surface area contributed by atoms with Crippen molar-refractivity contribution in [3.8, 4) is 11.5 Å². The Morgan fingerprint density at radius 1 is 0.917 bits per heavy atom. The van der Waals surface area contributed by atoms with Crippen molar-refractivity contribution in [2.45, 2.75) is 25.6 Å². The lowest BCUT2D eigenvalue weighted by Gasteiger charge is -2.18. The number of Topliss-reactive ketones (excluding diaryl/α,β-unsaturated/α-hetero) is 1. The van der Waals surface area contributed by atoms with Gasteiger partial charge in [-0.25, -0.2) is 14.1 Å². The molecule has 0 saturated heterocycles. The minimum atomic E-state index is -0.833. The van der Waals surface area contributed by atoms with Crippen molar-refractivity contribution in [2.75, 3.05) is 6.61 Å². The van der Waals surface area contributed by atoms with Crippen LogP contribution in [0.15, 0.2) is 91.5 Å². The highest BCUT2D eigenvalue weighted by atomic mass is 19.1.